The van der Waals surface area contributed by atoms with Gasteiger partial charge in [-0.3, -0.25) is 4.79 Å². The largest absolute Gasteiger partial charge is 0.469 e. The Bertz CT molecular complexity index is 575. The van der Waals surface area contributed by atoms with Crippen molar-refractivity contribution < 1.29 is 14.3 Å². The Morgan fingerprint density at radius 1 is 1.53 bits per heavy atom. The summed E-state index contributed by atoms with van der Waals surface area (Å²) in [5, 5.41) is 17.1. The van der Waals surface area contributed by atoms with Crippen LogP contribution in [0, 0.1) is 0 Å². The van der Waals surface area contributed by atoms with E-state index in [1.165, 1.54) is 11.3 Å². The van der Waals surface area contributed by atoms with E-state index < -0.39 is 5.60 Å². The summed E-state index contributed by atoms with van der Waals surface area (Å²) in [7, 11) is 0. The summed E-state index contributed by atoms with van der Waals surface area (Å²) in [5.41, 5.74) is 0.438. The van der Waals surface area contributed by atoms with Crippen molar-refractivity contribution in [2.75, 3.05) is 6.54 Å². The normalized spacial score (nSPS) is 21.9. The van der Waals surface area contributed by atoms with Gasteiger partial charge in [0, 0.05) is 22.9 Å². The van der Waals surface area contributed by atoms with E-state index in [9.17, 15) is 9.90 Å². The molecule has 2 aromatic rings. The third-order valence-corrected chi connectivity index (χ3v) is 4.25. The summed E-state index contributed by atoms with van der Waals surface area (Å²) in [4.78, 5) is 11.9. The van der Waals surface area contributed by atoms with Crippen LogP contribution in [0.15, 0.2) is 33.6 Å². The van der Waals surface area contributed by atoms with Gasteiger partial charge < -0.3 is 14.8 Å². The van der Waals surface area contributed by atoms with E-state index in [0.717, 1.165) is 24.2 Å². The molecule has 2 N–H and O–H groups in total. The molecule has 0 aliphatic heterocycles. The zero-order valence-electron chi connectivity index (χ0n) is 10.4. The fraction of sp³-hybridized carbons (Fsp3) is 0.357. The minimum atomic E-state index is -1.01. The number of fused-ring (bicyclic) bond motifs is 1. The molecule has 0 saturated carbocycles. The number of amides is 1. The van der Waals surface area contributed by atoms with Gasteiger partial charge in [0.05, 0.1) is 12.8 Å². The van der Waals surface area contributed by atoms with Crippen molar-refractivity contribution in [3.8, 4) is 0 Å². The summed E-state index contributed by atoms with van der Waals surface area (Å²) >= 11 is 1.48. The molecule has 1 amide bonds. The van der Waals surface area contributed by atoms with Gasteiger partial charge in [-0.15, -0.1) is 0 Å². The maximum atomic E-state index is 11.9. The average molecular weight is 277 g/mol. The number of nitrogens with one attached hydrogen (secondary N) is 1. The predicted octanol–water partition coefficient (Wildman–Crippen LogP) is 2.29. The zero-order chi connectivity index (χ0) is 13.3. The number of hydrogen-bond acceptors (Lipinski definition) is 4. The van der Waals surface area contributed by atoms with Gasteiger partial charge in [0.15, 0.2) is 0 Å². The molecule has 0 radical (unpaired) electrons. The third-order valence-electron chi connectivity index (χ3n) is 3.57. The molecule has 0 aromatic carbocycles. The molecule has 4 nitrogen and oxygen atoms in total. The van der Waals surface area contributed by atoms with Gasteiger partial charge in [-0.25, -0.2) is 0 Å². The van der Waals surface area contributed by atoms with E-state index >= 15 is 0 Å². The van der Waals surface area contributed by atoms with Crippen molar-refractivity contribution in [3.63, 3.8) is 0 Å². The molecule has 1 unspecified atom stereocenters. The molecule has 0 spiro atoms. The molecule has 1 aliphatic rings. The van der Waals surface area contributed by atoms with Crippen molar-refractivity contribution in [2.45, 2.75) is 24.9 Å². The van der Waals surface area contributed by atoms with Crippen LogP contribution in [-0.4, -0.2) is 17.6 Å². The van der Waals surface area contributed by atoms with Gasteiger partial charge in [0.25, 0.3) is 5.91 Å². The SMILES string of the molecule is O=C(NCC1(O)CCCc2occc21)c1ccsc1. The molecule has 0 fully saturated rings. The first-order valence-electron chi connectivity index (χ1n) is 6.29. The van der Waals surface area contributed by atoms with Gasteiger partial charge in [-0.2, -0.15) is 11.3 Å². The highest BCUT2D eigenvalue weighted by Crippen LogP contribution is 2.35. The van der Waals surface area contributed by atoms with Crippen molar-refractivity contribution in [1.29, 1.82) is 0 Å². The van der Waals surface area contributed by atoms with Crippen molar-refractivity contribution >= 4 is 17.2 Å². The maximum Gasteiger partial charge on any atom is 0.252 e. The molecule has 1 atom stereocenters. The predicted molar refractivity (Wildman–Crippen MR) is 72.2 cm³/mol. The lowest BCUT2D eigenvalue weighted by Crippen LogP contribution is -2.42. The van der Waals surface area contributed by atoms with Crippen LogP contribution in [0.2, 0.25) is 0 Å². The fourth-order valence-corrected chi connectivity index (χ4v) is 3.17. The molecule has 2 aromatic heterocycles. The van der Waals surface area contributed by atoms with Crippen LogP contribution in [0.3, 0.4) is 0 Å². The minimum absolute atomic E-state index is 0.148. The van der Waals surface area contributed by atoms with Crippen LogP contribution in [0.5, 0.6) is 0 Å². The molecule has 1 aliphatic carbocycles. The second-order valence-electron chi connectivity index (χ2n) is 4.84. The maximum absolute atomic E-state index is 11.9. The average Bonchev–Trinajstić information content (AvgIpc) is 3.07. The Hall–Kier alpha value is -1.59. The highest BCUT2D eigenvalue weighted by molar-refractivity contribution is 7.08. The van der Waals surface area contributed by atoms with Crippen molar-refractivity contribution in [3.05, 3.63) is 46.0 Å². The van der Waals surface area contributed by atoms with E-state index in [1.807, 2.05) is 5.38 Å². The second-order valence-corrected chi connectivity index (χ2v) is 5.62. The number of rotatable bonds is 3. The van der Waals surface area contributed by atoms with Gasteiger partial charge >= 0.3 is 0 Å². The van der Waals surface area contributed by atoms with Crippen LogP contribution >= 0.6 is 11.3 Å². The number of aryl methyl sites for hydroxylation is 1. The Labute approximate surface area is 115 Å². The summed E-state index contributed by atoms with van der Waals surface area (Å²) in [6.45, 7) is 0.216. The Balaban J connectivity index is 1.72. The van der Waals surface area contributed by atoms with Crippen LogP contribution < -0.4 is 5.32 Å². The molecule has 0 saturated heterocycles. The smallest absolute Gasteiger partial charge is 0.252 e. The first-order valence-corrected chi connectivity index (χ1v) is 7.23. The van der Waals surface area contributed by atoms with E-state index in [1.54, 1.807) is 23.8 Å². The Morgan fingerprint density at radius 2 is 2.42 bits per heavy atom. The lowest BCUT2D eigenvalue weighted by molar-refractivity contribution is 0.0169. The van der Waals surface area contributed by atoms with E-state index in [2.05, 4.69) is 5.32 Å². The lowest BCUT2D eigenvalue weighted by Gasteiger charge is -2.31. The standard InChI is InChI=1S/C14H15NO3S/c16-13(10-4-7-19-8-10)15-9-14(17)5-1-2-12-11(14)3-6-18-12/h3-4,6-8,17H,1-2,5,9H2,(H,15,16). The number of furan rings is 1. The van der Waals surface area contributed by atoms with Crippen LogP contribution in [-0.2, 0) is 12.0 Å². The molecule has 2 heterocycles. The van der Waals surface area contributed by atoms with Crippen LogP contribution in [0.4, 0.5) is 0 Å². The van der Waals surface area contributed by atoms with Crippen LogP contribution in [0.25, 0.3) is 0 Å². The quantitative estimate of drug-likeness (QED) is 0.905. The van der Waals surface area contributed by atoms with Gasteiger partial charge in [0.1, 0.15) is 11.4 Å². The van der Waals surface area contributed by atoms with Gasteiger partial charge in [0.2, 0.25) is 0 Å². The first-order chi connectivity index (χ1) is 9.19. The van der Waals surface area contributed by atoms with Crippen molar-refractivity contribution in [2.24, 2.45) is 0 Å². The van der Waals surface area contributed by atoms with E-state index in [0.29, 0.717) is 12.0 Å². The first kappa shape index (κ1) is 12.4. The van der Waals surface area contributed by atoms with Crippen molar-refractivity contribution in [1.82, 2.24) is 5.32 Å². The molecule has 0 bridgehead atoms. The fourth-order valence-electron chi connectivity index (χ4n) is 2.53. The lowest BCUT2D eigenvalue weighted by atomic mass is 9.83. The number of carbonyl (C=O) groups is 1. The summed E-state index contributed by atoms with van der Waals surface area (Å²) < 4.78 is 5.36. The Morgan fingerprint density at radius 3 is 3.21 bits per heavy atom. The van der Waals surface area contributed by atoms with Gasteiger partial charge in [-0.05, 0) is 30.4 Å². The van der Waals surface area contributed by atoms with E-state index in [-0.39, 0.29) is 12.5 Å². The summed E-state index contributed by atoms with van der Waals surface area (Å²) in [6.07, 6.45) is 3.96. The monoisotopic (exact) mass is 277 g/mol. The summed E-state index contributed by atoms with van der Waals surface area (Å²) in [5.74, 6) is 0.684. The van der Waals surface area contributed by atoms with E-state index in [4.69, 9.17) is 4.42 Å². The third kappa shape index (κ3) is 2.31. The topological polar surface area (TPSA) is 62.5 Å². The number of hydrogen-bond donors (Lipinski definition) is 2. The van der Waals surface area contributed by atoms with Crippen LogP contribution in [0.1, 0.15) is 34.5 Å². The molecule has 100 valence electrons. The molecular weight excluding hydrogens is 262 g/mol. The Kier molecular flexibility index (Phi) is 3.16. The minimum Gasteiger partial charge on any atom is -0.469 e. The molecular formula is C14H15NO3S. The highest BCUT2D eigenvalue weighted by atomic mass is 32.1. The number of carbonyl (C=O) groups excluding carboxylic acids is 1. The number of aliphatic hydroxyl groups is 1. The molecule has 5 heteroatoms. The zero-order valence-corrected chi connectivity index (χ0v) is 11.2. The number of thiophene rings is 1. The summed E-state index contributed by atoms with van der Waals surface area (Å²) in [6, 6.07) is 3.57. The van der Waals surface area contributed by atoms with Gasteiger partial charge in [-0.1, -0.05) is 0 Å². The molecule has 19 heavy (non-hydrogen) atoms. The second kappa shape index (κ2) is 4.83. The highest BCUT2D eigenvalue weighted by Gasteiger charge is 2.36. The molecule has 3 rings (SSSR count).